The first-order valence-electron chi connectivity index (χ1n) is 9.94. The van der Waals surface area contributed by atoms with Gasteiger partial charge < -0.3 is 9.47 Å². The summed E-state index contributed by atoms with van der Waals surface area (Å²) in [6, 6.07) is 19.7. The third-order valence-corrected chi connectivity index (χ3v) is 5.66. The molecule has 164 valence electrons. The molecular weight excluding hydrogens is 471 g/mol. The molecule has 0 bridgehead atoms. The van der Waals surface area contributed by atoms with Gasteiger partial charge in [-0.25, -0.2) is 4.98 Å². The summed E-state index contributed by atoms with van der Waals surface area (Å²) in [6.07, 6.45) is 0. The van der Waals surface area contributed by atoms with Crippen LogP contribution in [-0.4, -0.2) is 29.4 Å². The first-order valence-corrected chi connectivity index (χ1v) is 11.1. The minimum Gasteiger partial charge on any atom is -0.488 e. The topological polar surface area (TPSA) is 53.4 Å². The van der Waals surface area contributed by atoms with Crippen LogP contribution in [0.5, 0.6) is 5.75 Å². The van der Waals surface area contributed by atoms with Crippen LogP contribution < -0.4 is 10.3 Å². The van der Waals surface area contributed by atoms with Crippen molar-refractivity contribution in [2.45, 2.75) is 6.54 Å². The highest BCUT2D eigenvalue weighted by atomic mass is 35.5. The smallest absolute Gasteiger partial charge is 0.261 e. The molecule has 8 heteroatoms. The van der Waals surface area contributed by atoms with Crippen molar-refractivity contribution in [3.8, 4) is 17.1 Å². The van der Waals surface area contributed by atoms with Crippen molar-refractivity contribution < 1.29 is 9.47 Å². The molecule has 0 aliphatic rings. The van der Waals surface area contributed by atoms with Crippen molar-refractivity contribution in [1.29, 1.82) is 0 Å². The van der Waals surface area contributed by atoms with Crippen molar-refractivity contribution in [2.24, 2.45) is 0 Å². The zero-order valence-electron chi connectivity index (χ0n) is 16.9. The first kappa shape index (κ1) is 22.6. The number of fused-ring (bicyclic) bond motifs is 1. The van der Waals surface area contributed by atoms with Crippen molar-refractivity contribution in [2.75, 3.05) is 19.8 Å². The molecule has 0 saturated carbocycles. The molecule has 5 nitrogen and oxygen atoms in total. The SMILES string of the molecule is O=c1c2ccccc2nc(-c2ccc(Cl)cc2)n1CCOCCOc1c(Cl)cccc1Cl. The zero-order valence-corrected chi connectivity index (χ0v) is 19.2. The maximum Gasteiger partial charge on any atom is 0.261 e. The third-order valence-electron chi connectivity index (χ3n) is 4.82. The van der Waals surface area contributed by atoms with Crippen LogP contribution in [0.1, 0.15) is 0 Å². The second kappa shape index (κ2) is 10.4. The number of para-hydroxylation sites is 2. The molecule has 1 aromatic heterocycles. The number of halogens is 3. The summed E-state index contributed by atoms with van der Waals surface area (Å²) in [5.74, 6) is 0.993. The van der Waals surface area contributed by atoms with Crippen molar-refractivity contribution >= 4 is 45.7 Å². The van der Waals surface area contributed by atoms with E-state index in [1.54, 1.807) is 41.0 Å². The molecule has 0 aliphatic heterocycles. The Bertz CT molecular complexity index is 1270. The van der Waals surface area contributed by atoms with Gasteiger partial charge in [0.15, 0.2) is 5.75 Å². The predicted octanol–water partition coefficient (Wildman–Crippen LogP) is 6.12. The second-order valence-corrected chi connectivity index (χ2v) is 8.18. The number of hydrogen-bond acceptors (Lipinski definition) is 4. The molecule has 0 atom stereocenters. The van der Waals surface area contributed by atoms with Crippen LogP contribution in [0.25, 0.3) is 22.3 Å². The Morgan fingerprint density at radius 3 is 2.28 bits per heavy atom. The number of rotatable bonds is 8. The van der Waals surface area contributed by atoms with Gasteiger partial charge in [-0.1, -0.05) is 53.0 Å². The van der Waals surface area contributed by atoms with Gasteiger partial charge in [0.1, 0.15) is 12.4 Å². The van der Waals surface area contributed by atoms with E-state index in [1.165, 1.54) is 0 Å². The van der Waals surface area contributed by atoms with Crippen LogP contribution in [0.2, 0.25) is 15.1 Å². The summed E-state index contributed by atoms with van der Waals surface area (Å²) < 4.78 is 12.9. The number of ether oxygens (including phenoxy) is 2. The molecule has 0 unspecified atom stereocenters. The van der Waals surface area contributed by atoms with Crippen LogP contribution in [-0.2, 0) is 11.3 Å². The highest BCUT2D eigenvalue weighted by molar-refractivity contribution is 6.37. The minimum atomic E-state index is -0.122. The lowest BCUT2D eigenvalue weighted by Gasteiger charge is -2.14. The number of aromatic nitrogens is 2. The quantitative estimate of drug-likeness (QED) is 0.280. The van der Waals surface area contributed by atoms with Crippen molar-refractivity contribution in [1.82, 2.24) is 9.55 Å². The van der Waals surface area contributed by atoms with Gasteiger partial charge in [0, 0.05) is 10.6 Å². The normalized spacial score (nSPS) is 11.1. The minimum absolute atomic E-state index is 0.122. The first-order chi connectivity index (χ1) is 15.5. The van der Waals surface area contributed by atoms with Gasteiger partial charge in [0.2, 0.25) is 0 Å². The average Bonchev–Trinajstić information content (AvgIpc) is 2.79. The Labute approximate surface area is 200 Å². The van der Waals surface area contributed by atoms with Crippen LogP contribution >= 0.6 is 34.8 Å². The Morgan fingerprint density at radius 1 is 0.812 bits per heavy atom. The third kappa shape index (κ3) is 5.08. The molecule has 0 aliphatic carbocycles. The zero-order chi connectivity index (χ0) is 22.5. The number of nitrogens with zero attached hydrogens (tertiary/aromatic N) is 2. The fourth-order valence-corrected chi connectivity index (χ4v) is 3.91. The molecular formula is C24H19Cl3N2O3. The molecule has 3 aromatic carbocycles. The van der Waals surface area contributed by atoms with Gasteiger partial charge >= 0.3 is 0 Å². The van der Waals surface area contributed by atoms with E-state index in [4.69, 9.17) is 49.3 Å². The van der Waals surface area contributed by atoms with E-state index in [0.717, 1.165) is 5.56 Å². The highest BCUT2D eigenvalue weighted by Gasteiger charge is 2.13. The molecule has 0 N–H and O–H groups in total. The molecule has 0 amide bonds. The molecule has 0 radical (unpaired) electrons. The van der Waals surface area contributed by atoms with Gasteiger partial charge in [-0.3, -0.25) is 9.36 Å². The summed E-state index contributed by atoms with van der Waals surface area (Å²) in [4.78, 5) is 17.9. The monoisotopic (exact) mass is 488 g/mol. The molecule has 32 heavy (non-hydrogen) atoms. The summed E-state index contributed by atoms with van der Waals surface area (Å²) in [5.41, 5.74) is 1.32. The van der Waals surface area contributed by atoms with Gasteiger partial charge in [0.25, 0.3) is 5.56 Å². The number of benzene rings is 3. The van der Waals surface area contributed by atoms with E-state index >= 15 is 0 Å². The predicted molar refractivity (Wildman–Crippen MR) is 129 cm³/mol. The molecule has 0 saturated heterocycles. The maximum absolute atomic E-state index is 13.2. The van der Waals surface area contributed by atoms with E-state index in [9.17, 15) is 4.79 Å². The lowest BCUT2D eigenvalue weighted by molar-refractivity contribution is 0.0941. The molecule has 1 heterocycles. The lowest BCUT2D eigenvalue weighted by atomic mass is 10.2. The molecule has 4 aromatic rings. The van der Waals surface area contributed by atoms with Crippen LogP contribution in [0, 0.1) is 0 Å². The van der Waals surface area contributed by atoms with Crippen LogP contribution in [0.3, 0.4) is 0 Å². The largest absolute Gasteiger partial charge is 0.488 e. The molecule has 0 spiro atoms. The Hall–Kier alpha value is -2.57. The number of hydrogen-bond donors (Lipinski definition) is 0. The van der Waals surface area contributed by atoms with E-state index in [0.29, 0.717) is 57.3 Å². The second-order valence-electron chi connectivity index (χ2n) is 6.93. The van der Waals surface area contributed by atoms with E-state index in [2.05, 4.69) is 0 Å². The summed E-state index contributed by atoms with van der Waals surface area (Å²) >= 11 is 18.2. The molecule has 0 fully saturated rings. The Morgan fingerprint density at radius 2 is 1.53 bits per heavy atom. The fourth-order valence-electron chi connectivity index (χ4n) is 3.28. The van der Waals surface area contributed by atoms with Gasteiger partial charge in [-0.2, -0.15) is 0 Å². The molecule has 4 rings (SSSR count). The Balaban J connectivity index is 1.47. The van der Waals surface area contributed by atoms with E-state index in [1.807, 2.05) is 30.3 Å². The van der Waals surface area contributed by atoms with Crippen LogP contribution in [0.15, 0.2) is 71.5 Å². The van der Waals surface area contributed by atoms with E-state index < -0.39 is 0 Å². The average molecular weight is 490 g/mol. The van der Waals surface area contributed by atoms with Gasteiger partial charge in [-0.15, -0.1) is 0 Å². The lowest BCUT2D eigenvalue weighted by Crippen LogP contribution is -2.26. The summed E-state index contributed by atoms with van der Waals surface area (Å²) in [5, 5.41) is 2.06. The van der Waals surface area contributed by atoms with Gasteiger partial charge in [-0.05, 0) is 48.5 Å². The summed E-state index contributed by atoms with van der Waals surface area (Å²) in [7, 11) is 0. The van der Waals surface area contributed by atoms with E-state index in [-0.39, 0.29) is 12.2 Å². The Kier molecular flexibility index (Phi) is 7.33. The van der Waals surface area contributed by atoms with Crippen LogP contribution in [0.4, 0.5) is 0 Å². The maximum atomic E-state index is 13.2. The highest BCUT2D eigenvalue weighted by Crippen LogP contribution is 2.32. The summed E-state index contributed by atoms with van der Waals surface area (Å²) in [6.45, 7) is 1.23. The standard InChI is InChI=1S/C24H19Cl3N2O3/c25-17-10-8-16(9-11-17)23-28-21-7-2-1-4-18(21)24(30)29(23)12-13-31-14-15-32-22-19(26)5-3-6-20(22)27/h1-11H,12-15H2. The van der Waals surface area contributed by atoms with Crippen molar-refractivity contribution in [3.63, 3.8) is 0 Å². The van der Waals surface area contributed by atoms with Gasteiger partial charge in [0.05, 0.1) is 40.7 Å². The fraction of sp³-hybridized carbons (Fsp3) is 0.167. The van der Waals surface area contributed by atoms with Crippen molar-refractivity contribution in [3.05, 3.63) is 92.2 Å².